The topological polar surface area (TPSA) is 6.48 Å². The lowest BCUT2D eigenvalue weighted by Gasteiger charge is -2.20. The van der Waals surface area contributed by atoms with Crippen molar-refractivity contribution in [3.8, 4) is 0 Å². The maximum atomic E-state index is 2.35. The third-order valence-electron chi connectivity index (χ3n) is 4.12. The van der Waals surface area contributed by atoms with E-state index in [4.69, 9.17) is 0 Å². The number of allylic oxidation sites excluding steroid dienone is 2. The van der Waals surface area contributed by atoms with Crippen LogP contribution in [0.5, 0.6) is 0 Å². The largest absolute Gasteiger partial charge is 0.378 e. The molecule has 2 aromatic carbocycles. The lowest BCUT2D eigenvalue weighted by atomic mass is 10.1. The number of hydrogen-bond donors (Lipinski definition) is 0. The van der Waals surface area contributed by atoms with Gasteiger partial charge in [0.05, 0.1) is 0 Å². The van der Waals surface area contributed by atoms with Gasteiger partial charge >= 0.3 is 0 Å². The van der Waals surface area contributed by atoms with Crippen molar-refractivity contribution < 1.29 is 0 Å². The Kier molecular flexibility index (Phi) is 6.68. The predicted octanol–water partition coefficient (Wildman–Crippen LogP) is 5.33. The second-order valence-corrected chi connectivity index (χ2v) is 5.97. The van der Waals surface area contributed by atoms with Gasteiger partial charge in [-0.1, -0.05) is 48.6 Å². The summed E-state index contributed by atoms with van der Waals surface area (Å²) in [6.07, 6.45) is 8.44. The Morgan fingerprint density at radius 2 is 1.08 bits per heavy atom. The summed E-state index contributed by atoms with van der Waals surface area (Å²) in [4.78, 5) is 4.46. The van der Waals surface area contributed by atoms with Gasteiger partial charge in [-0.05, 0) is 49.2 Å². The summed E-state index contributed by atoms with van der Waals surface area (Å²) in [6, 6.07) is 17.3. The minimum atomic E-state index is 1.04. The molecule has 0 amide bonds. The molecule has 0 radical (unpaired) electrons. The molecule has 2 nitrogen and oxygen atoms in total. The Balaban J connectivity index is 1.95. The van der Waals surface area contributed by atoms with Crippen molar-refractivity contribution in [3.05, 3.63) is 71.8 Å². The molecule has 0 atom stereocenters. The highest BCUT2D eigenvalue weighted by Gasteiger charge is 1.99. The molecule has 0 N–H and O–H groups in total. The SMILES string of the molecule is CCN(CC)c1ccc(/C=C/C=C/c2ccc(N(C)C)cc2)cc1. The van der Waals surface area contributed by atoms with Crippen molar-refractivity contribution in [1.29, 1.82) is 0 Å². The Bertz CT molecular complexity index is 660. The Labute approximate surface area is 146 Å². The fourth-order valence-corrected chi connectivity index (χ4v) is 2.60. The van der Waals surface area contributed by atoms with Crippen LogP contribution in [-0.4, -0.2) is 27.2 Å². The Hall–Kier alpha value is -2.48. The van der Waals surface area contributed by atoms with Gasteiger partial charge in [0, 0.05) is 38.6 Å². The lowest BCUT2D eigenvalue weighted by Crippen LogP contribution is -2.21. The van der Waals surface area contributed by atoms with E-state index >= 15 is 0 Å². The molecule has 0 heterocycles. The first kappa shape index (κ1) is 17.9. The van der Waals surface area contributed by atoms with Crippen molar-refractivity contribution in [2.24, 2.45) is 0 Å². The molecule has 2 aromatic rings. The van der Waals surface area contributed by atoms with Crippen molar-refractivity contribution in [2.45, 2.75) is 13.8 Å². The van der Waals surface area contributed by atoms with E-state index < -0.39 is 0 Å². The molecule has 2 heteroatoms. The van der Waals surface area contributed by atoms with Crippen LogP contribution >= 0.6 is 0 Å². The molecule has 0 aliphatic carbocycles. The number of benzene rings is 2. The number of nitrogens with zero attached hydrogens (tertiary/aromatic N) is 2. The maximum absolute atomic E-state index is 2.35. The third-order valence-corrected chi connectivity index (χ3v) is 4.12. The maximum Gasteiger partial charge on any atom is 0.0366 e. The van der Waals surface area contributed by atoms with Crippen LogP contribution in [0.3, 0.4) is 0 Å². The number of rotatable bonds is 7. The first-order chi connectivity index (χ1) is 11.6. The summed E-state index contributed by atoms with van der Waals surface area (Å²) in [6.45, 7) is 6.46. The zero-order valence-corrected chi connectivity index (χ0v) is 15.2. The molecule has 2 rings (SSSR count). The first-order valence-corrected chi connectivity index (χ1v) is 8.61. The van der Waals surface area contributed by atoms with Crippen LogP contribution in [0.15, 0.2) is 60.7 Å². The second kappa shape index (κ2) is 8.97. The van der Waals surface area contributed by atoms with Crippen molar-refractivity contribution in [1.82, 2.24) is 0 Å². The average Bonchev–Trinajstić information content (AvgIpc) is 2.61. The molecule has 126 valence electrons. The van der Waals surface area contributed by atoms with E-state index in [2.05, 4.69) is 111 Å². The van der Waals surface area contributed by atoms with Gasteiger partial charge in [-0.25, -0.2) is 0 Å². The van der Waals surface area contributed by atoms with Crippen LogP contribution in [0.4, 0.5) is 11.4 Å². The van der Waals surface area contributed by atoms with E-state index in [-0.39, 0.29) is 0 Å². The van der Waals surface area contributed by atoms with Gasteiger partial charge in [0.15, 0.2) is 0 Å². The van der Waals surface area contributed by atoms with Crippen LogP contribution in [-0.2, 0) is 0 Å². The zero-order chi connectivity index (χ0) is 17.4. The van der Waals surface area contributed by atoms with E-state index in [1.54, 1.807) is 0 Å². The van der Waals surface area contributed by atoms with Crippen LogP contribution in [0.2, 0.25) is 0 Å². The van der Waals surface area contributed by atoms with E-state index in [0.717, 1.165) is 13.1 Å². The van der Waals surface area contributed by atoms with Gasteiger partial charge in [-0.2, -0.15) is 0 Å². The van der Waals surface area contributed by atoms with Gasteiger partial charge < -0.3 is 9.80 Å². The highest BCUT2D eigenvalue weighted by Crippen LogP contribution is 2.16. The van der Waals surface area contributed by atoms with Crippen LogP contribution < -0.4 is 9.80 Å². The Morgan fingerprint density at radius 3 is 1.46 bits per heavy atom. The molecule has 0 saturated heterocycles. The van der Waals surface area contributed by atoms with Gasteiger partial charge in [0.1, 0.15) is 0 Å². The van der Waals surface area contributed by atoms with Crippen LogP contribution in [0.25, 0.3) is 12.2 Å². The quantitative estimate of drug-likeness (QED) is 0.637. The molecule has 0 aliphatic rings. The van der Waals surface area contributed by atoms with Crippen molar-refractivity contribution in [2.75, 3.05) is 37.0 Å². The fraction of sp³-hybridized carbons (Fsp3) is 0.273. The molecule has 0 aliphatic heterocycles. The summed E-state index contributed by atoms with van der Waals surface area (Å²) in [5.41, 5.74) is 4.94. The fourth-order valence-electron chi connectivity index (χ4n) is 2.60. The molecule has 0 unspecified atom stereocenters. The summed E-state index contributed by atoms with van der Waals surface area (Å²) in [5.74, 6) is 0. The van der Waals surface area contributed by atoms with E-state index in [0.29, 0.717) is 0 Å². The van der Waals surface area contributed by atoms with Crippen LogP contribution in [0.1, 0.15) is 25.0 Å². The smallest absolute Gasteiger partial charge is 0.0366 e. The minimum absolute atomic E-state index is 1.04. The molecule has 0 spiro atoms. The highest BCUT2D eigenvalue weighted by molar-refractivity contribution is 5.61. The average molecular weight is 320 g/mol. The molecule has 0 aromatic heterocycles. The molecule has 0 bridgehead atoms. The van der Waals surface area contributed by atoms with Crippen LogP contribution in [0, 0.1) is 0 Å². The van der Waals surface area contributed by atoms with Gasteiger partial charge in [-0.3, -0.25) is 0 Å². The summed E-state index contributed by atoms with van der Waals surface area (Å²) in [5, 5.41) is 0. The van der Waals surface area contributed by atoms with E-state index in [1.165, 1.54) is 22.5 Å². The minimum Gasteiger partial charge on any atom is -0.378 e. The lowest BCUT2D eigenvalue weighted by molar-refractivity contribution is 0.866. The van der Waals surface area contributed by atoms with E-state index in [9.17, 15) is 0 Å². The summed E-state index contributed by atoms with van der Waals surface area (Å²) >= 11 is 0. The van der Waals surface area contributed by atoms with Crippen molar-refractivity contribution >= 4 is 23.5 Å². The zero-order valence-electron chi connectivity index (χ0n) is 15.2. The number of anilines is 2. The van der Waals surface area contributed by atoms with Crippen molar-refractivity contribution in [3.63, 3.8) is 0 Å². The van der Waals surface area contributed by atoms with Gasteiger partial charge in [-0.15, -0.1) is 0 Å². The highest BCUT2D eigenvalue weighted by atomic mass is 15.1. The third kappa shape index (κ3) is 5.02. The molecular formula is C22H28N2. The monoisotopic (exact) mass is 320 g/mol. The molecule has 24 heavy (non-hydrogen) atoms. The van der Waals surface area contributed by atoms with Gasteiger partial charge in [0.2, 0.25) is 0 Å². The molecular weight excluding hydrogens is 292 g/mol. The molecule has 0 fully saturated rings. The molecule has 0 saturated carbocycles. The number of hydrogen-bond acceptors (Lipinski definition) is 2. The summed E-state index contributed by atoms with van der Waals surface area (Å²) in [7, 11) is 4.11. The standard InChI is InChI=1S/C22H28N2/c1-5-24(6-2)22-17-13-20(14-18-22)10-8-7-9-19-11-15-21(16-12-19)23(3)4/h7-18H,5-6H2,1-4H3/b9-7+,10-8+. The van der Waals surface area contributed by atoms with E-state index in [1.807, 2.05) is 0 Å². The first-order valence-electron chi connectivity index (χ1n) is 8.61. The summed E-state index contributed by atoms with van der Waals surface area (Å²) < 4.78 is 0. The predicted molar refractivity (Wildman–Crippen MR) is 109 cm³/mol. The van der Waals surface area contributed by atoms with Gasteiger partial charge in [0.25, 0.3) is 0 Å². The second-order valence-electron chi connectivity index (χ2n) is 5.97. The normalized spacial score (nSPS) is 11.3. The Morgan fingerprint density at radius 1 is 0.667 bits per heavy atom.